The number of allylic oxidation sites excluding steroid dienone is 1. The number of carboxylic acids is 1. The van der Waals surface area contributed by atoms with Gasteiger partial charge < -0.3 is 5.11 Å². The van der Waals surface area contributed by atoms with Gasteiger partial charge in [0.05, 0.1) is 17.4 Å². The van der Waals surface area contributed by atoms with E-state index in [4.69, 9.17) is 5.11 Å². The van der Waals surface area contributed by atoms with E-state index in [1.807, 2.05) is 60.5 Å². The van der Waals surface area contributed by atoms with Crippen LogP contribution >= 0.6 is 0 Å². The highest BCUT2D eigenvalue weighted by molar-refractivity contribution is 6.00. The van der Waals surface area contributed by atoms with Crippen LogP contribution in [0.25, 0.3) is 28.1 Å². The van der Waals surface area contributed by atoms with Crippen molar-refractivity contribution in [1.29, 1.82) is 0 Å². The lowest BCUT2D eigenvalue weighted by Gasteiger charge is -2.16. The molecule has 6 nitrogen and oxygen atoms in total. The number of H-pyrrole nitrogens is 1. The van der Waals surface area contributed by atoms with Crippen molar-refractivity contribution in [3.63, 3.8) is 0 Å². The number of aromatic nitrogens is 4. The normalized spacial score (nSPS) is 12.5. The van der Waals surface area contributed by atoms with E-state index in [2.05, 4.69) is 34.4 Å². The SMILES string of the molecule is CCC(=C(c1ccc(C=CC(=O)O)cc1)c1ccc2[nH]ncc2c1)c1ccnn1C. The fraction of sp³-hybridized carbons (Fsp3) is 0.125. The Labute approximate surface area is 174 Å². The summed E-state index contributed by atoms with van der Waals surface area (Å²) in [5.41, 5.74) is 7.36. The van der Waals surface area contributed by atoms with Gasteiger partial charge in [-0.05, 0) is 58.5 Å². The molecule has 30 heavy (non-hydrogen) atoms. The Kier molecular flexibility index (Phi) is 5.30. The summed E-state index contributed by atoms with van der Waals surface area (Å²) >= 11 is 0. The molecule has 0 radical (unpaired) electrons. The summed E-state index contributed by atoms with van der Waals surface area (Å²) in [4.78, 5) is 10.8. The number of hydrogen-bond donors (Lipinski definition) is 2. The second-order valence-corrected chi connectivity index (χ2v) is 7.01. The van der Waals surface area contributed by atoms with Crippen LogP contribution in [0.15, 0.2) is 67.0 Å². The highest BCUT2D eigenvalue weighted by Gasteiger charge is 2.16. The summed E-state index contributed by atoms with van der Waals surface area (Å²) in [7, 11) is 1.95. The van der Waals surface area contributed by atoms with Crippen LogP contribution in [0, 0.1) is 0 Å². The molecule has 0 amide bonds. The molecule has 0 unspecified atom stereocenters. The van der Waals surface area contributed by atoms with Crippen molar-refractivity contribution in [2.45, 2.75) is 13.3 Å². The number of aromatic amines is 1. The van der Waals surface area contributed by atoms with Gasteiger partial charge in [0.2, 0.25) is 0 Å². The second-order valence-electron chi connectivity index (χ2n) is 7.01. The van der Waals surface area contributed by atoms with Crippen molar-refractivity contribution in [3.05, 3.63) is 89.4 Å². The van der Waals surface area contributed by atoms with Gasteiger partial charge in [-0.2, -0.15) is 10.2 Å². The van der Waals surface area contributed by atoms with Crippen LogP contribution in [0.1, 0.15) is 35.7 Å². The van der Waals surface area contributed by atoms with E-state index < -0.39 is 5.97 Å². The maximum Gasteiger partial charge on any atom is 0.328 e. The number of carboxylic acid groups (broad SMARTS) is 1. The zero-order chi connectivity index (χ0) is 21.1. The molecule has 0 fully saturated rings. The summed E-state index contributed by atoms with van der Waals surface area (Å²) in [5, 5.41) is 21.4. The van der Waals surface area contributed by atoms with Crippen molar-refractivity contribution in [2.24, 2.45) is 7.05 Å². The maximum absolute atomic E-state index is 10.8. The van der Waals surface area contributed by atoms with Crippen molar-refractivity contribution in [2.75, 3.05) is 0 Å². The number of rotatable bonds is 6. The van der Waals surface area contributed by atoms with Crippen LogP contribution in [0.3, 0.4) is 0 Å². The van der Waals surface area contributed by atoms with Crippen LogP contribution in [-0.4, -0.2) is 31.1 Å². The standard InChI is InChI=1S/C24H22N4O2/c1-3-20(22-12-13-26-28(22)2)24(18-9-10-21-19(14-18)15-25-27-21)17-7-4-16(5-8-17)6-11-23(29)30/h4-15H,3H2,1-2H3,(H,25,27)(H,29,30). The zero-order valence-electron chi connectivity index (χ0n) is 16.8. The molecule has 0 aliphatic heterocycles. The minimum Gasteiger partial charge on any atom is -0.478 e. The van der Waals surface area contributed by atoms with E-state index in [1.165, 1.54) is 5.57 Å². The number of nitrogens with zero attached hydrogens (tertiary/aromatic N) is 3. The van der Waals surface area contributed by atoms with E-state index in [9.17, 15) is 4.79 Å². The summed E-state index contributed by atoms with van der Waals surface area (Å²) in [6.45, 7) is 2.14. The molecule has 4 rings (SSSR count). The third kappa shape index (κ3) is 3.80. The number of aliphatic carboxylic acids is 1. The molecule has 0 spiro atoms. The van der Waals surface area contributed by atoms with Crippen LogP contribution in [0.4, 0.5) is 0 Å². The highest BCUT2D eigenvalue weighted by Crippen LogP contribution is 2.35. The average molecular weight is 398 g/mol. The number of nitrogens with one attached hydrogen (secondary N) is 1. The summed E-state index contributed by atoms with van der Waals surface area (Å²) in [6.07, 6.45) is 7.20. The third-order valence-electron chi connectivity index (χ3n) is 5.13. The summed E-state index contributed by atoms with van der Waals surface area (Å²) in [6, 6.07) is 16.2. The average Bonchev–Trinajstić information content (AvgIpc) is 3.39. The van der Waals surface area contributed by atoms with Crippen LogP contribution < -0.4 is 0 Å². The van der Waals surface area contributed by atoms with Crippen LogP contribution in [-0.2, 0) is 11.8 Å². The quantitative estimate of drug-likeness (QED) is 0.459. The fourth-order valence-corrected chi connectivity index (χ4v) is 3.70. The smallest absolute Gasteiger partial charge is 0.328 e. The van der Waals surface area contributed by atoms with Gasteiger partial charge in [0.15, 0.2) is 0 Å². The minimum absolute atomic E-state index is 0.832. The molecule has 2 aromatic heterocycles. The molecular formula is C24H22N4O2. The number of carbonyl (C=O) groups is 1. The van der Waals surface area contributed by atoms with Crippen molar-refractivity contribution < 1.29 is 9.90 Å². The number of hydrogen-bond acceptors (Lipinski definition) is 3. The Balaban J connectivity index is 1.90. The molecule has 150 valence electrons. The van der Waals surface area contributed by atoms with Crippen molar-refractivity contribution >= 4 is 34.1 Å². The largest absolute Gasteiger partial charge is 0.478 e. The molecule has 0 bridgehead atoms. The number of fused-ring (bicyclic) bond motifs is 1. The van der Waals surface area contributed by atoms with E-state index in [0.717, 1.165) is 51.4 Å². The molecule has 2 heterocycles. The Bertz CT molecular complexity index is 1260. The van der Waals surface area contributed by atoms with Gasteiger partial charge in [0.1, 0.15) is 0 Å². The van der Waals surface area contributed by atoms with Crippen LogP contribution in [0.2, 0.25) is 0 Å². The monoisotopic (exact) mass is 398 g/mol. The predicted octanol–water partition coefficient (Wildman–Crippen LogP) is 4.76. The van der Waals surface area contributed by atoms with E-state index in [0.29, 0.717) is 0 Å². The lowest BCUT2D eigenvalue weighted by molar-refractivity contribution is -0.131. The number of benzene rings is 2. The van der Waals surface area contributed by atoms with E-state index >= 15 is 0 Å². The highest BCUT2D eigenvalue weighted by atomic mass is 16.4. The lowest BCUT2D eigenvalue weighted by Crippen LogP contribution is -2.01. The molecule has 0 aliphatic carbocycles. The Morgan fingerprint density at radius 3 is 2.57 bits per heavy atom. The molecule has 2 N–H and O–H groups in total. The molecule has 6 heteroatoms. The third-order valence-corrected chi connectivity index (χ3v) is 5.13. The topological polar surface area (TPSA) is 83.8 Å². The van der Waals surface area contributed by atoms with Crippen molar-refractivity contribution in [1.82, 2.24) is 20.0 Å². The molecule has 0 saturated carbocycles. The maximum atomic E-state index is 10.8. The fourth-order valence-electron chi connectivity index (χ4n) is 3.70. The first-order valence-corrected chi connectivity index (χ1v) is 9.73. The zero-order valence-corrected chi connectivity index (χ0v) is 16.8. The molecule has 4 aromatic rings. The van der Waals surface area contributed by atoms with Gasteiger partial charge in [-0.15, -0.1) is 0 Å². The molecular weight excluding hydrogens is 376 g/mol. The molecule has 0 aliphatic rings. The second kappa shape index (κ2) is 8.21. The van der Waals surface area contributed by atoms with Crippen molar-refractivity contribution in [3.8, 4) is 0 Å². The molecule has 0 saturated heterocycles. The Morgan fingerprint density at radius 1 is 1.13 bits per heavy atom. The van der Waals surface area contributed by atoms with Gasteiger partial charge in [-0.1, -0.05) is 37.3 Å². The predicted molar refractivity (Wildman–Crippen MR) is 119 cm³/mol. The molecule has 0 atom stereocenters. The van der Waals surface area contributed by atoms with Gasteiger partial charge in [0.25, 0.3) is 0 Å². The molecule has 2 aromatic carbocycles. The minimum atomic E-state index is -0.961. The first kappa shape index (κ1) is 19.4. The number of aryl methyl sites for hydroxylation is 1. The van der Waals surface area contributed by atoms with Gasteiger partial charge in [0, 0.05) is 24.7 Å². The van der Waals surface area contributed by atoms with Gasteiger partial charge in [-0.25, -0.2) is 4.79 Å². The van der Waals surface area contributed by atoms with Crippen LogP contribution in [0.5, 0.6) is 0 Å². The Morgan fingerprint density at radius 2 is 1.90 bits per heavy atom. The Hall–Kier alpha value is -3.93. The summed E-state index contributed by atoms with van der Waals surface area (Å²) < 4.78 is 1.89. The first-order valence-electron chi connectivity index (χ1n) is 9.73. The van der Waals surface area contributed by atoms with E-state index in [-0.39, 0.29) is 0 Å². The summed E-state index contributed by atoms with van der Waals surface area (Å²) in [5.74, 6) is -0.961. The van der Waals surface area contributed by atoms with Gasteiger partial charge >= 0.3 is 5.97 Å². The first-order chi connectivity index (χ1) is 14.6. The lowest BCUT2D eigenvalue weighted by atomic mass is 9.89. The van der Waals surface area contributed by atoms with Gasteiger partial charge in [-0.3, -0.25) is 9.78 Å². The van der Waals surface area contributed by atoms with E-state index in [1.54, 1.807) is 6.08 Å².